The lowest BCUT2D eigenvalue weighted by molar-refractivity contribution is 0.190. The molecule has 1 N–H and O–H groups in total. The molecule has 3 aromatic heterocycles. The highest BCUT2D eigenvalue weighted by Crippen LogP contribution is 2.28. The molecule has 4 aromatic rings. The van der Waals surface area contributed by atoms with E-state index in [0.717, 1.165) is 71.6 Å². The third-order valence-electron chi connectivity index (χ3n) is 6.24. The van der Waals surface area contributed by atoms with Gasteiger partial charge in [0.05, 0.1) is 11.9 Å². The van der Waals surface area contributed by atoms with Crippen molar-refractivity contribution in [1.29, 1.82) is 0 Å². The Morgan fingerprint density at radius 2 is 1.91 bits per heavy atom. The Balaban J connectivity index is 1.22. The van der Waals surface area contributed by atoms with Crippen molar-refractivity contribution in [2.75, 3.05) is 18.4 Å². The number of benzene rings is 1. The maximum atomic E-state index is 4.61. The zero-order chi connectivity index (χ0) is 21.9. The number of hydrogen-bond donors (Lipinski definition) is 1. The van der Waals surface area contributed by atoms with Crippen LogP contribution in [0.15, 0.2) is 79.5 Å². The summed E-state index contributed by atoms with van der Waals surface area (Å²) >= 11 is 0. The van der Waals surface area contributed by atoms with Gasteiger partial charge in [-0.05, 0) is 61.1 Å². The predicted molar refractivity (Wildman–Crippen MR) is 129 cm³/mol. The first-order valence-electron chi connectivity index (χ1n) is 11.1. The van der Waals surface area contributed by atoms with Gasteiger partial charge < -0.3 is 5.32 Å². The summed E-state index contributed by atoms with van der Waals surface area (Å²) in [5.74, 6) is 1.30. The minimum absolute atomic E-state index is 0.453. The lowest BCUT2D eigenvalue weighted by Gasteiger charge is -2.32. The van der Waals surface area contributed by atoms with Crippen LogP contribution in [-0.4, -0.2) is 37.7 Å². The van der Waals surface area contributed by atoms with Crippen molar-refractivity contribution in [2.24, 2.45) is 13.0 Å². The highest BCUT2D eigenvalue weighted by molar-refractivity contribution is 5.88. The van der Waals surface area contributed by atoms with Gasteiger partial charge in [-0.1, -0.05) is 24.8 Å². The van der Waals surface area contributed by atoms with Crippen LogP contribution in [0.4, 0.5) is 5.82 Å². The summed E-state index contributed by atoms with van der Waals surface area (Å²) in [5.41, 5.74) is 4.45. The molecule has 1 fully saturated rings. The number of aromatic nitrogens is 4. The predicted octanol–water partition coefficient (Wildman–Crippen LogP) is 4.87. The lowest BCUT2D eigenvalue weighted by Crippen LogP contribution is -2.34. The molecular formula is C26H28N6. The van der Waals surface area contributed by atoms with Gasteiger partial charge >= 0.3 is 0 Å². The number of aryl methyl sites for hydroxylation is 1. The maximum absolute atomic E-state index is 4.61. The maximum Gasteiger partial charge on any atom is 0.130 e. The number of rotatable bonds is 6. The van der Waals surface area contributed by atoms with Crippen molar-refractivity contribution >= 4 is 16.6 Å². The summed E-state index contributed by atoms with van der Waals surface area (Å²) in [6.07, 6.45) is 9.90. The number of hydrogen-bond acceptors (Lipinski definition) is 5. The van der Waals surface area contributed by atoms with E-state index in [-0.39, 0.29) is 0 Å². The molecule has 1 aliphatic heterocycles. The summed E-state index contributed by atoms with van der Waals surface area (Å²) in [4.78, 5) is 11.5. The number of anilines is 1. The Hall–Kier alpha value is -3.51. The zero-order valence-electron chi connectivity index (χ0n) is 18.4. The standard InChI is InChI=1S/C26H28N6/c1-19(20-8-11-32(12-9-20)18-25-5-3-4-10-27-25)30-26-14-23-13-21(6-7-22(23)15-28-26)24-16-29-31(2)17-24/h3-7,10,13-17,20H,1,8-9,11-12,18H2,2H3,(H,28,30). The largest absolute Gasteiger partial charge is 0.344 e. The van der Waals surface area contributed by atoms with E-state index in [4.69, 9.17) is 0 Å². The third kappa shape index (κ3) is 4.55. The number of pyridine rings is 2. The number of piperidine rings is 1. The van der Waals surface area contributed by atoms with E-state index < -0.39 is 0 Å². The molecule has 32 heavy (non-hydrogen) atoms. The van der Waals surface area contributed by atoms with Gasteiger partial charge in [-0.2, -0.15) is 5.10 Å². The molecule has 6 heteroatoms. The van der Waals surface area contributed by atoms with E-state index in [9.17, 15) is 0 Å². The first-order valence-corrected chi connectivity index (χ1v) is 11.1. The van der Waals surface area contributed by atoms with Gasteiger partial charge in [-0.15, -0.1) is 0 Å². The average Bonchev–Trinajstić information content (AvgIpc) is 3.26. The smallest absolute Gasteiger partial charge is 0.130 e. The Morgan fingerprint density at radius 3 is 2.66 bits per heavy atom. The first-order chi connectivity index (χ1) is 15.6. The zero-order valence-corrected chi connectivity index (χ0v) is 18.4. The van der Waals surface area contributed by atoms with Crippen molar-refractivity contribution in [2.45, 2.75) is 19.4 Å². The Morgan fingerprint density at radius 1 is 1.03 bits per heavy atom. The van der Waals surface area contributed by atoms with Gasteiger partial charge in [0, 0.05) is 54.7 Å². The topological polar surface area (TPSA) is 58.9 Å². The van der Waals surface area contributed by atoms with Crippen LogP contribution in [-0.2, 0) is 13.6 Å². The minimum atomic E-state index is 0.453. The second kappa shape index (κ2) is 8.93. The van der Waals surface area contributed by atoms with E-state index in [1.165, 1.54) is 0 Å². The van der Waals surface area contributed by atoms with Crippen LogP contribution < -0.4 is 5.32 Å². The molecule has 0 spiro atoms. The Kier molecular flexibility index (Phi) is 5.69. The monoisotopic (exact) mass is 424 g/mol. The molecule has 0 saturated carbocycles. The summed E-state index contributed by atoms with van der Waals surface area (Å²) in [6, 6.07) is 14.6. The van der Waals surface area contributed by atoms with E-state index in [0.29, 0.717) is 5.92 Å². The fraction of sp³-hybridized carbons (Fsp3) is 0.269. The van der Waals surface area contributed by atoms with Crippen LogP contribution in [0.5, 0.6) is 0 Å². The molecule has 0 aliphatic carbocycles. The van der Waals surface area contributed by atoms with Gasteiger partial charge in [0.15, 0.2) is 0 Å². The molecule has 0 radical (unpaired) electrons. The quantitative estimate of drug-likeness (QED) is 0.479. The van der Waals surface area contributed by atoms with Crippen LogP contribution in [0, 0.1) is 5.92 Å². The Labute approximate surface area is 188 Å². The number of fused-ring (bicyclic) bond motifs is 1. The highest BCUT2D eigenvalue weighted by atomic mass is 15.2. The van der Waals surface area contributed by atoms with Crippen molar-refractivity contribution < 1.29 is 0 Å². The molecule has 0 unspecified atom stereocenters. The molecule has 6 nitrogen and oxygen atoms in total. The molecule has 0 amide bonds. The molecule has 4 heterocycles. The van der Waals surface area contributed by atoms with Gasteiger partial charge in [0.1, 0.15) is 5.82 Å². The van der Waals surface area contributed by atoms with Crippen molar-refractivity contribution in [3.63, 3.8) is 0 Å². The van der Waals surface area contributed by atoms with Gasteiger partial charge in [0.25, 0.3) is 0 Å². The fourth-order valence-corrected chi connectivity index (χ4v) is 4.39. The highest BCUT2D eigenvalue weighted by Gasteiger charge is 2.22. The van der Waals surface area contributed by atoms with Crippen LogP contribution in [0.2, 0.25) is 0 Å². The van der Waals surface area contributed by atoms with E-state index in [1.807, 2.05) is 42.6 Å². The molecule has 162 valence electrons. The molecule has 0 atom stereocenters. The second-order valence-corrected chi connectivity index (χ2v) is 8.56. The van der Waals surface area contributed by atoms with Crippen LogP contribution in [0.25, 0.3) is 21.9 Å². The summed E-state index contributed by atoms with van der Waals surface area (Å²) in [5, 5.41) is 10.0. The van der Waals surface area contributed by atoms with E-state index in [2.05, 4.69) is 68.3 Å². The molecule has 5 rings (SSSR count). The van der Waals surface area contributed by atoms with E-state index in [1.54, 1.807) is 0 Å². The minimum Gasteiger partial charge on any atom is -0.344 e. The lowest BCUT2D eigenvalue weighted by atomic mass is 9.94. The van der Waals surface area contributed by atoms with Crippen molar-refractivity contribution in [1.82, 2.24) is 24.6 Å². The third-order valence-corrected chi connectivity index (χ3v) is 6.24. The number of nitrogens with one attached hydrogen (secondary N) is 1. The molecule has 0 bridgehead atoms. The normalized spacial score (nSPS) is 15.2. The van der Waals surface area contributed by atoms with E-state index >= 15 is 0 Å². The van der Waals surface area contributed by atoms with Gasteiger partial charge in [-0.25, -0.2) is 4.98 Å². The van der Waals surface area contributed by atoms with Crippen molar-refractivity contribution in [3.8, 4) is 11.1 Å². The fourth-order valence-electron chi connectivity index (χ4n) is 4.39. The van der Waals surface area contributed by atoms with Crippen LogP contribution >= 0.6 is 0 Å². The number of allylic oxidation sites excluding steroid dienone is 1. The Bertz CT molecular complexity index is 1220. The van der Waals surface area contributed by atoms with Crippen molar-refractivity contribution in [3.05, 3.63) is 85.2 Å². The second-order valence-electron chi connectivity index (χ2n) is 8.56. The summed E-state index contributed by atoms with van der Waals surface area (Å²) < 4.78 is 1.82. The molecular weight excluding hydrogens is 396 g/mol. The van der Waals surface area contributed by atoms with Crippen LogP contribution in [0.1, 0.15) is 18.5 Å². The number of likely N-dealkylation sites (tertiary alicyclic amines) is 1. The SMILES string of the molecule is C=C(Nc1cc2cc(-c3cnn(C)c3)ccc2cn1)C1CCN(Cc2ccccn2)CC1. The molecule has 1 saturated heterocycles. The van der Waals surface area contributed by atoms with Gasteiger partial charge in [-0.3, -0.25) is 14.6 Å². The number of nitrogens with zero attached hydrogens (tertiary/aromatic N) is 5. The molecule has 1 aliphatic rings. The molecule has 1 aromatic carbocycles. The van der Waals surface area contributed by atoms with Crippen LogP contribution in [0.3, 0.4) is 0 Å². The van der Waals surface area contributed by atoms with Gasteiger partial charge in [0.2, 0.25) is 0 Å². The first kappa shape index (κ1) is 20.4. The summed E-state index contributed by atoms with van der Waals surface area (Å²) in [6.45, 7) is 7.37. The summed E-state index contributed by atoms with van der Waals surface area (Å²) in [7, 11) is 1.94. The average molecular weight is 425 g/mol.